The minimum Gasteiger partial charge on any atom is -0.330 e. The van der Waals surface area contributed by atoms with Crippen molar-refractivity contribution in [1.82, 2.24) is 0 Å². The first-order chi connectivity index (χ1) is 9.43. The first-order valence-electron chi connectivity index (χ1n) is 7.09. The second-order valence-electron chi connectivity index (χ2n) is 5.57. The molecule has 4 heteroatoms. The lowest BCUT2D eigenvalue weighted by Crippen LogP contribution is -2.16. The van der Waals surface area contributed by atoms with E-state index >= 15 is 0 Å². The zero-order chi connectivity index (χ0) is 15.1. The molecule has 112 valence electrons. The maximum atomic E-state index is 13.6. The summed E-state index contributed by atoms with van der Waals surface area (Å²) < 4.78 is 13.6. The molecule has 0 saturated carbocycles. The molecule has 0 aliphatic rings. The van der Waals surface area contributed by atoms with Crippen molar-refractivity contribution in [3.63, 3.8) is 0 Å². The van der Waals surface area contributed by atoms with Gasteiger partial charge in [0.2, 0.25) is 0 Å². The second-order valence-corrected chi connectivity index (χ2v) is 6.01. The highest BCUT2D eigenvalue weighted by Crippen LogP contribution is 2.22. The monoisotopic (exact) mass is 299 g/mol. The van der Waals surface area contributed by atoms with Gasteiger partial charge in [0.25, 0.3) is 0 Å². The number of ketones is 1. The van der Waals surface area contributed by atoms with Gasteiger partial charge in [-0.05, 0) is 55.0 Å². The molecular formula is C16H23ClFNO. The lowest BCUT2D eigenvalue weighted by molar-refractivity contribution is -0.118. The molecular weight excluding hydrogens is 277 g/mol. The fourth-order valence-electron chi connectivity index (χ4n) is 2.35. The summed E-state index contributed by atoms with van der Waals surface area (Å²) in [4.78, 5) is 12.0. The Morgan fingerprint density at radius 3 is 2.65 bits per heavy atom. The SMILES string of the molecule is CC(C)C(CCN)CCC(=O)Cc1cc(Cl)ccc1F. The van der Waals surface area contributed by atoms with Crippen molar-refractivity contribution in [1.29, 1.82) is 0 Å². The van der Waals surface area contributed by atoms with Crippen LogP contribution in [0, 0.1) is 17.7 Å². The molecule has 0 fully saturated rings. The minimum absolute atomic E-state index is 0.0499. The molecule has 2 N–H and O–H groups in total. The summed E-state index contributed by atoms with van der Waals surface area (Å²) >= 11 is 5.82. The van der Waals surface area contributed by atoms with Crippen LogP contribution in [-0.2, 0) is 11.2 Å². The van der Waals surface area contributed by atoms with E-state index in [2.05, 4.69) is 13.8 Å². The van der Waals surface area contributed by atoms with Gasteiger partial charge in [-0.25, -0.2) is 4.39 Å². The van der Waals surface area contributed by atoms with Crippen LogP contribution < -0.4 is 5.73 Å². The number of halogens is 2. The predicted octanol–water partition coefficient (Wildman–Crippen LogP) is 3.99. The fraction of sp³-hybridized carbons (Fsp3) is 0.562. The van der Waals surface area contributed by atoms with Crippen LogP contribution in [0.2, 0.25) is 5.02 Å². The third-order valence-electron chi connectivity index (χ3n) is 3.67. The van der Waals surface area contributed by atoms with Crippen molar-refractivity contribution in [3.8, 4) is 0 Å². The van der Waals surface area contributed by atoms with E-state index in [0.717, 1.165) is 12.8 Å². The highest BCUT2D eigenvalue weighted by molar-refractivity contribution is 6.30. The van der Waals surface area contributed by atoms with Gasteiger partial charge >= 0.3 is 0 Å². The van der Waals surface area contributed by atoms with Crippen molar-refractivity contribution in [2.24, 2.45) is 17.6 Å². The zero-order valence-electron chi connectivity index (χ0n) is 12.2. The maximum Gasteiger partial charge on any atom is 0.137 e. The van der Waals surface area contributed by atoms with Crippen LogP contribution in [0.4, 0.5) is 4.39 Å². The Bertz CT molecular complexity index is 448. The van der Waals surface area contributed by atoms with Crippen molar-refractivity contribution < 1.29 is 9.18 Å². The number of rotatable bonds is 8. The predicted molar refractivity (Wildman–Crippen MR) is 81.4 cm³/mol. The van der Waals surface area contributed by atoms with E-state index in [0.29, 0.717) is 35.4 Å². The summed E-state index contributed by atoms with van der Waals surface area (Å²) in [5.74, 6) is 0.640. The average molecular weight is 300 g/mol. The summed E-state index contributed by atoms with van der Waals surface area (Å²) in [5, 5.41) is 0.456. The molecule has 20 heavy (non-hydrogen) atoms. The third kappa shape index (κ3) is 5.59. The van der Waals surface area contributed by atoms with Crippen LogP contribution >= 0.6 is 11.6 Å². The van der Waals surface area contributed by atoms with Crippen LogP contribution in [0.5, 0.6) is 0 Å². The van der Waals surface area contributed by atoms with E-state index in [1.54, 1.807) is 0 Å². The molecule has 0 radical (unpaired) electrons. The molecule has 1 unspecified atom stereocenters. The number of hydrogen-bond acceptors (Lipinski definition) is 2. The van der Waals surface area contributed by atoms with Gasteiger partial charge in [0, 0.05) is 17.9 Å². The van der Waals surface area contributed by atoms with E-state index in [1.807, 2.05) is 0 Å². The molecule has 0 aromatic heterocycles. The number of Topliss-reactive ketones (excluding diaryl/α,β-unsaturated/α-hetero) is 1. The van der Waals surface area contributed by atoms with E-state index in [-0.39, 0.29) is 18.0 Å². The van der Waals surface area contributed by atoms with Crippen molar-refractivity contribution in [2.75, 3.05) is 6.54 Å². The molecule has 0 spiro atoms. The molecule has 1 aromatic rings. The van der Waals surface area contributed by atoms with Gasteiger partial charge < -0.3 is 5.73 Å². The Morgan fingerprint density at radius 1 is 1.35 bits per heavy atom. The number of hydrogen-bond donors (Lipinski definition) is 1. The molecule has 1 atom stereocenters. The second kappa shape index (κ2) is 8.38. The van der Waals surface area contributed by atoms with Crippen molar-refractivity contribution in [2.45, 2.75) is 39.5 Å². The van der Waals surface area contributed by atoms with Gasteiger partial charge in [0.05, 0.1) is 0 Å². The zero-order valence-corrected chi connectivity index (χ0v) is 12.9. The summed E-state index contributed by atoms with van der Waals surface area (Å²) in [7, 11) is 0. The molecule has 0 saturated heterocycles. The number of nitrogens with two attached hydrogens (primary N) is 1. The van der Waals surface area contributed by atoms with Crippen molar-refractivity contribution in [3.05, 3.63) is 34.6 Å². The summed E-state index contributed by atoms with van der Waals surface area (Å²) in [6.07, 6.45) is 2.32. The normalized spacial score (nSPS) is 12.7. The molecule has 1 rings (SSSR count). The maximum absolute atomic E-state index is 13.6. The molecule has 0 aliphatic carbocycles. The van der Waals surface area contributed by atoms with Crippen molar-refractivity contribution >= 4 is 17.4 Å². The van der Waals surface area contributed by atoms with Gasteiger partial charge in [-0.3, -0.25) is 4.79 Å². The Balaban J connectivity index is 2.53. The van der Waals surface area contributed by atoms with Crippen LogP contribution in [-0.4, -0.2) is 12.3 Å². The number of carbonyl (C=O) groups is 1. The molecule has 0 heterocycles. The Labute approximate surface area is 125 Å². The Hall–Kier alpha value is -0.930. The molecule has 0 aliphatic heterocycles. The van der Waals surface area contributed by atoms with Gasteiger partial charge in [-0.1, -0.05) is 25.4 Å². The lowest BCUT2D eigenvalue weighted by atomic mass is 9.87. The molecule has 2 nitrogen and oxygen atoms in total. The minimum atomic E-state index is -0.370. The van der Waals surface area contributed by atoms with Crippen LogP contribution in [0.15, 0.2) is 18.2 Å². The molecule has 0 amide bonds. The summed E-state index contributed by atoms with van der Waals surface area (Å²) in [6, 6.07) is 4.31. The number of carbonyl (C=O) groups excluding carboxylic acids is 1. The summed E-state index contributed by atoms with van der Waals surface area (Å²) in [6.45, 7) is 4.92. The van der Waals surface area contributed by atoms with Crippen LogP contribution in [0.1, 0.15) is 38.7 Å². The fourth-order valence-corrected chi connectivity index (χ4v) is 2.55. The first-order valence-corrected chi connectivity index (χ1v) is 7.47. The molecule has 1 aromatic carbocycles. The summed E-state index contributed by atoms with van der Waals surface area (Å²) in [5.41, 5.74) is 5.96. The van der Waals surface area contributed by atoms with E-state index < -0.39 is 0 Å². The largest absolute Gasteiger partial charge is 0.330 e. The molecule has 0 bridgehead atoms. The standard InChI is InChI=1S/C16H23ClFNO/c1-11(2)12(7-8-19)3-5-15(20)10-13-9-14(17)4-6-16(13)18/h4,6,9,11-12H,3,5,7-8,10,19H2,1-2H3. The highest BCUT2D eigenvalue weighted by atomic mass is 35.5. The van der Waals surface area contributed by atoms with E-state index in [1.165, 1.54) is 18.2 Å². The van der Waals surface area contributed by atoms with Gasteiger partial charge in [-0.2, -0.15) is 0 Å². The lowest BCUT2D eigenvalue weighted by Gasteiger charge is -2.19. The van der Waals surface area contributed by atoms with Gasteiger partial charge in [-0.15, -0.1) is 0 Å². The van der Waals surface area contributed by atoms with Gasteiger partial charge in [0.15, 0.2) is 0 Å². The highest BCUT2D eigenvalue weighted by Gasteiger charge is 2.15. The van der Waals surface area contributed by atoms with E-state index in [9.17, 15) is 9.18 Å². The third-order valence-corrected chi connectivity index (χ3v) is 3.90. The van der Waals surface area contributed by atoms with Gasteiger partial charge in [0.1, 0.15) is 11.6 Å². The van der Waals surface area contributed by atoms with E-state index in [4.69, 9.17) is 17.3 Å². The first kappa shape index (κ1) is 17.1. The number of benzene rings is 1. The average Bonchev–Trinajstić information content (AvgIpc) is 2.38. The van der Waals surface area contributed by atoms with Crippen LogP contribution in [0.3, 0.4) is 0 Å². The Morgan fingerprint density at radius 2 is 2.05 bits per heavy atom. The van der Waals surface area contributed by atoms with Crippen LogP contribution in [0.25, 0.3) is 0 Å². The topological polar surface area (TPSA) is 43.1 Å². The Kier molecular flexibility index (Phi) is 7.17. The quantitative estimate of drug-likeness (QED) is 0.788. The smallest absolute Gasteiger partial charge is 0.137 e.